The molecule has 1 heterocycles. The van der Waals surface area contributed by atoms with Gasteiger partial charge in [-0.25, -0.2) is 0 Å². The molecule has 1 fully saturated rings. The van der Waals surface area contributed by atoms with Crippen LogP contribution in [0.1, 0.15) is 25.3 Å². The molecule has 0 saturated carbocycles. The van der Waals surface area contributed by atoms with Gasteiger partial charge in [0.2, 0.25) is 0 Å². The van der Waals surface area contributed by atoms with E-state index in [0.717, 1.165) is 68.5 Å². The molecule has 0 radical (unpaired) electrons. The molecule has 7 heteroatoms. The summed E-state index contributed by atoms with van der Waals surface area (Å²) in [6.07, 6.45) is 1.89. The minimum Gasteiger partial charge on any atom is -0.379 e. The Bertz CT molecular complexity index is 544. The van der Waals surface area contributed by atoms with E-state index in [9.17, 15) is 0 Å². The second-order valence-corrected chi connectivity index (χ2v) is 6.48. The zero-order valence-electron chi connectivity index (χ0n) is 14.1. The summed E-state index contributed by atoms with van der Waals surface area (Å²) < 4.78 is 5.34. The van der Waals surface area contributed by atoms with Crippen molar-refractivity contribution in [1.29, 1.82) is 0 Å². The highest BCUT2D eigenvalue weighted by atomic mass is 35.5. The average Bonchev–Trinajstić information content (AvgIpc) is 2.60. The highest BCUT2D eigenvalue weighted by Crippen LogP contribution is 2.12. The molecule has 0 aromatic heterocycles. The highest BCUT2D eigenvalue weighted by Gasteiger charge is 2.09. The number of nitrogens with zero attached hydrogens (tertiary/aromatic N) is 2. The lowest BCUT2D eigenvalue weighted by Crippen LogP contribution is -2.43. The summed E-state index contributed by atoms with van der Waals surface area (Å²) in [5.74, 6) is 0. The number of ether oxygens (including phenoxy) is 1. The van der Waals surface area contributed by atoms with Crippen LogP contribution in [0.5, 0.6) is 0 Å². The van der Waals surface area contributed by atoms with E-state index in [0.29, 0.717) is 5.11 Å². The second kappa shape index (κ2) is 10.6. The van der Waals surface area contributed by atoms with Gasteiger partial charge >= 0.3 is 0 Å². The van der Waals surface area contributed by atoms with Gasteiger partial charge in [0.25, 0.3) is 0 Å². The SMILES string of the molecule is CCC/C(=N/NC(=S)NCCN1CCOCC1)c1ccc(Cl)cc1. The fraction of sp³-hybridized carbons (Fsp3) is 0.529. The smallest absolute Gasteiger partial charge is 0.187 e. The van der Waals surface area contributed by atoms with Gasteiger partial charge in [-0.15, -0.1) is 0 Å². The fourth-order valence-corrected chi connectivity index (χ4v) is 2.73. The Morgan fingerprint density at radius 2 is 2.00 bits per heavy atom. The van der Waals surface area contributed by atoms with E-state index in [4.69, 9.17) is 28.6 Å². The molecule has 1 aromatic rings. The summed E-state index contributed by atoms with van der Waals surface area (Å²) in [7, 11) is 0. The summed E-state index contributed by atoms with van der Waals surface area (Å²) in [5, 5.41) is 8.93. The molecule has 0 bridgehead atoms. The van der Waals surface area contributed by atoms with E-state index in [1.165, 1.54) is 0 Å². The molecule has 0 spiro atoms. The second-order valence-electron chi connectivity index (χ2n) is 5.64. The Balaban J connectivity index is 1.79. The van der Waals surface area contributed by atoms with Gasteiger partial charge < -0.3 is 10.1 Å². The summed E-state index contributed by atoms with van der Waals surface area (Å²) in [4.78, 5) is 2.36. The van der Waals surface area contributed by atoms with Crippen molar-refractivity contribution in [3.8, 4) is 0 Å². The third-order valence-corrected chi connectivity index (χ3v) is 4.26. The Morgan fingerprint density at radius 1 is 1.29 bits per heavy atom. The molecule has 0 aliphatic carbocycles. The Kier molecular flexibility index (Phi) is 8.45. The fourth-order valence-electron chi connectivity index (χ4n) is 2.45. The maximum Gasteiger partial charge on any atom is 0.187 e. The minimum atomic E-state index is 0.547. The van der Waals surface area contributed by atoms with E-state index >= 15 is 0 Å². The summed E-state index contributed by atoms with van der Waals surface area (Å²) in [5.41, 5.74) is 4.99. The average molecular weight is 369 g/mol. The van der Waals surface area contributed by atoms with Crippen molar-refractivity contribution in [3.63, 3.8) is 0 Å². The van der Waals surface area contributed by atoms with Crippen LogP contribution < -0.4 is 10.7 Å². The lowest BCUT2D eigenvalue weighted by Gasteiger charge is -2.26. The van der Waals surface area contributed by atoms with Crippen LogP contribution in [-0.4, -0.2) is 55.1 Å². The first-order valence-electron chi connectivity index (χ1n) is 8.35. The van der Waals surface area contributed by atoms with Crippen molar-refractivity contribution >= 4 is 34.6 Å². The van der Waals surface area contributed by atoms with E-state index in [-0.39, 0.29) is 0 Å². The lowest BCUT2D eigenvalue weighted by atomic mass is 10.1. The summed E-state index contributed by atoms with van der Waals surface area (Å²) in [6, 6.07) is 7.71. The van der Waals surface area contributed by atoms with Gasteiger partial charge in [-0.3, -0.25) is 10.3 Å². The summed E-state index contributed by atoms with van der Waals surface area (Å²) in [6.45, 7) is 7.47. The zero-order chi connectivity index (χ0) is 17.2. The molecule has 24 heavy (non-hydrogen) atoms. The van der Waals surface area contributed by atoms with Crippen molar-refractivity contribution in [2.75, 3.05) is 39.4 Å². The molecule has 0 atom stereocenters. The predicted octanol–water partition coefficient (Wildman–Crippen LogP) is 2.64. The van der Waals surface area contributed by atoms with Crippen molar-refractivity contribution in [2.24, 2.45) is 5.10 Å². The molecule has 0 unspecified atom stereocenters. The maximum absolute atomic E-state index is 5.94. The highest BCUT2D eigenvalue weighted by molar-refractivity contribution is 7.80. The third kappa shape index (κ3) is 6.73. The van der Waals surface area contributed by atoms with Crippen molar-refractivity contribution < 1.29 is 4.74 Å². The number of hydrazone groups is 1. The number of halogens is 1. The molecular formula is C17H25ClN4OS. The Labute approximate surface area is 154 Å². The van der Waals surface area contributed by atoms with Crippen molar-refractivity contribution in [1.82, 2.24) is 15.6 Å². The molecule has 1 aliphatic heterocycles. The number of benzene rings is 1. The van der Waals surface area contributed by atoms with Gasteiger partial charge in [-0.05, 0) is 36.3 Å². The first-order valence-corrected chi connectivity index (χ1v) is 9.14. The van der Waals surface area contributed by atoms with Crippen LogP contribution in [0.3, 0.4) is 0 Å². The van der Waals surface area contributed by atoms with Crippen LogP contribution in [-0.2, 0) is 4.74 Å². The lowest BCUT2D eigenvalue weighted by molar-refractivity contribution is 0.0389. The minimum absolute atomic E-state index is 0.547. The van der Waals surface area contributed by atoms with Crippen LogP contribution in [0, 0.1) is 0 Å². The molecule has 1 aliphatic rings. The van der Waals surface area contributed by atoms with Crippen molar-refractivity contribution in [3.05, 3.63) is 34.9 Å². The van der Waals surface area contributed by atoms with Gasteiger partial charge in [0.1, 0.15) is 0 Å². The third-order valence-electron chi connectivity index (χ3n) is 3.77. The molecule has 5 nitrogen and oxygen atoms in total. The predicted molar refractivity (Wildman–Crippen MR) is 104 cm³/mol. The monoisotopic (exact) mass is 368 g/mol. The van der Waals surface area contributed by atoms with Gasteiger partial charge in [0.15, 0.2) is 5.11 Å². The quantitative estimate of drug-likeness (QED) is 0.440. The molecule has 2 rings (SSSR count). The van der Waals surface area contributed by atoms with Gasteiger partial charge in [0, 0.05) is 31.2 Å². The first kappa shape index (κ1) is 19.1. The number of rotatable bonds is 7. The standard InChI is InChI=1S/C17H25ClN4OS/c1-2-3-16(14-4-6-15(18)7-5-14)20-21-17(24)19-8-9-22-10-12-23-13-11-22/h4-7H,2-3,8-13H2,1H3,(H2,19,21,24)/b20-16-. The number of nitrogens with one attached hydrogen (secondary N) is 2. The van der Waals surface area contributed by atoms with Crippen LogP contribution in [0.15, 0.2) is 29.4 Å². The maximum atomic E-state index is 5.94. The largest absolute Gasteiger partial charge is 0.379 e. The molecule has 1 saturated heterocycles. The molecule has 2 N–H and O–H groups in total. The van der Waals surface area contributed by atoms with Gasteiger partial charge in [0.05, 0.1) is 18.9 Å². The van der Waals surface area contributed by atoms with E-state index in [1.54, 1.807) is 0 Å². The molecular weight excluding hydrogens is 344 g/mol. The normalized spacial score (nSPS) is 16.0. The van der Waals surface area contributed by atoms with Gasteiger partial charge in [-0.1, -0.05) is 37.1 Å². The molecule has 0 amide bonds. The van der Waals surface area contributed by atoms with Gasteiger partial charge in [-0.2, -0.15) is 5.10 Å². The zero-order valence-corrected chi connectivity index (χ0v) is 15.6. The molecule has 132 valence electrons. The van der Waals surface area contributed by atoms with Crippen LogP contribution in [0.25, 0.3) is 0 Å². The van der Waals surface area contributed by atoms with Crippen LogP contribution >= 0.6 is 23.8 Å². The molecule has 1 aromatic carbocycles. The Hall–Kier alpha value is -1.21. The van der Waals surface area contributed by atoms with Crippen LogP contribution in [0.2, 0.25) is 5.02 Å². The number of morpholine rings is 1. The van der Waals surface area contributed by atoms with E-state index in [1.807, 2.05) is 24.3 Å². The number of thiocarbonyl (C=S) groups is 1. The van der Waals surface area contributed by atoms with E-state index in [2.05, 4.69) is 27.7 Å². The Morgan fingerprint density at radius 3 is 2.67 bits per heavy atom. The van der Waals surface area contributed by atoms with Crippen molar-refractivity contribution in [2.45, 2.75) is 19.8 Å². The number of hydrogen-bond acceptors (Lipinski definition) is 4. The van der Waals surface area contributed by atoms with E-state index < -0.39 is 0 Å². The van der Waals surface area contributed by atoms with Crippen LogP contribution in [0.4, 0.5) is 0 Å². The first-order chi connectivity index (χ1) is 11.7. The number of hydrogen-bond donors (Lipinski definition) is 2. The topological polar surface area (TPSA) is 48.9 Å². The summed E-state index contributed by atoms with van der Waals surface area (Å²) >= 11 is 11.2.